The Morgan fingerprint density at radius 2 is 1.88 bits per heavy atom. The van der Waals surface area contributed by atoms with Crippen LogP contribution in [0.1, 0.15) is 24.5 Å². The lowest BCUT2D eigenvalue weighted by atomic mass is 10.3. The Labute approximate surface area is 151 Å². The van der Waals surface area contributed by atoms with Gasteiger partial charge >= 0.3 is 6.03 Å². The van der Waals surface area contributed by atoms with Crippen molar-refractivity contribution in [3.63, 3.8) is 0 Å². The van der Waals surface area contributed by atoms with Crippen molar-refractivity contribution >= 4 is 11.7 Å². The van der Waals surface area contributed by atoms with E-state index in [1.807, 2.05) is 0 Å². The van der Waals surface area contributed by atoms with E-state index in [0.717, 1.165) is 18.5 Å². The van der Waals surface area contributed by atoms with Gasteiger partial charge in [0.2, 0.25) is 0 Å². The van der Waals surface area contributed by atoms with E-state index in [1.54, 1.807) is 38.5 Å². The number of nitrogens with zero attached hydrogens (tertiary/aromatic N) is 2. The van der Waals surface area contributed by atoms with Crippen molar-refractivity contribution < 1.29 is 14.3 Å². The standard InChI is InChI=1S/C18H22N4O4/c1-25-14-9-13(10-15(11-14)26-2)20-18(24)19-7-8-22-17(23)6-5-16(21-22)12-3-4-12/h5-6,9-12H,3-4,7-8H2,1-2H3,(H2,19,20,24). The van der Waals surface area contributed by atoms with Crippen LogP contribution in [0.4, 0.5) is 10.5 Å². The molecule has 3 rings (SSSR count). The lowest BCUT2D eigenvalue weighted by Crippen LogP contribution is -2.34. The predicted octanol–water partition coefficient (Wildman–Crippen LogP) is 1.96. The number of aromatic nitrogens is 2. The average molecular weight is 358 g/mol. The molecule has 1 saturated carbocycles. The van der Waals surface area contributed by atoms with Crippen LogP contribution in [0, 0.1) is 0 Å². The summed E-state index contributed by atoms with van der Waals surface area (Å²) in [5.41, 5.74) is 1.32. The molecule has 1 aliphatic carbocycles. The Morgan fingerprint density at radius 1 is 1.19 bits per heavy atom. The molecule has 0 spiro atoms. The molecule has 2 amide bonds. The first-order valence-electron chi connectivity index (χ1n) is 8.45. The van der Waals surface area contributed by atoms with E-state index in [1.165, 1.54) is 10.7 Å². The van der Waals surface area contributed by atoms with Crippen molar-refractivity contribution in [2.75, 3.05) is 26.1 Å². The van der Waals surface area contributed by atoms with E-state index in [4.69, 9.17) is 9.47 Å². The topological polar surface area (TPSA) is 94.5 Å². The predicted molar refractivity (Wildman–Crippen MR) is 97.0 cm³/mol. The number of benzene rings is 1. The molecule has 0 radical (unpaired) electrons. The highest BCUT2D eigenvalue weighted by Crippen LogP contribution is 2.38. The summed E-state index contributed by atoms with van der Waals surface area (Å²) in [4.78, 5) is 23.9. The number of hydrogen-bond donors (Lipinski definition) is 2. The highest BCUT2D eigenvalue weighted by Gasteiger charge is 2.25. The van der Waals surface area contributed by atoms with Crippen LogP contribution in [0.5, 0.6) is 11.5 Å². The summed E-state index contributed by atoms with van der Waals surface area (Å²) in [7, 11) is 3.08. The molecule has 8 nitrogen and oxygen atoms in total. The summed E-state index contributed by atoms with van der Waals surface area (Å²) in [5.74, 6) is 1.63. The minimum atomic E-state index is -0.383. The summed E-state index contributed by atoms with van der Waals surface area (Å²) in [5, 5.41) is 9.79. The number of anilines is 1. The van der Waals surface area contributed by atoms with Crippen molar-refractivity contribution in [3.8, 4) is 11.5 Å². The number of rotatable bonds is 7. The monoisotopic (exact) mass is 358 g/mol. The van der Waals surface area contributed by atoms with Gasteiger partial charge in [-0.25, -0.2) is 9.48 Å². The van der Waals surface area contributed by atoms with Gasteiger partial charge in [-0.15, -0.1) is 0 Å². The highest BCUT2D eigenvalue weighted by atomic mass is 16.5. The Kier molecular flexibility index (Phi) is 5.40. The molecule has 1 fully saturated rings. The quantitative estimate of drug-likeness (QED) is 0.789. The molecule has 1 aromatic heterocycles. The molecule has 0 bridgehead atoms. The molecule has 2 aromatic rings. The van der Waals surface area contributed by atoms with Gasteiger partial charge < -0.3 is 20.1 Å². The van der Waals surface area contributed by atoms with E-state index >= 15 is 0 Å². The SMILES string of the molecule is COc1cc(NC(=O)NCCn2nc(C3CC3)ccc2=O)cc(OC)c1. The summed E-state index contributed by atoms with van der Waals surface area (Å²) < 4.78 is 11.7. The van der Waals surface area contributed by atoms with Gasteiger partial charge in [-0.3, -0.25) is 4.79 Å². The first kappa shape index (κ1) is 17.8. The lowest BCUT2D eigenvalue weighted by Gasteiger charge is -2.11. The van der Waals surface area contributed by atoms with Crippen LogP contribution in [0.2, 0.25) is 0 Å². The second-order valence-electron chi connectivity index (χ2n) is 6.08. The smallest absolute Gasteiger partial charge is 0.319 e. The molecule has 26 heavy (non-hydrogen) atoms. The van der Waals surface area contributed by atoms with Crippen molar-refractivity contribution in [3.05, 3.63) is 46.4 Å². The van der Waals surface area contributed by atoms with E-state index < -0.39 is 0 Å². The maximum absolute atomic E-state index is 12.1. The number of amides is 2. The molecule has 1 heterocycles. The van der Waals surface area contributed by atoms with Crippen LogP contribution in [0.25, 0.3) is 0 Å². The Morgan fingerprint density at radius 3 is 2.50 bits per heavy atom. The zero-order valence-corrected chi connectivity index (χ0v) is 14.8. The van der Waals surface area contributed by atoms with Crippen molar-refractivity contribution in [1.29, 1.82) is 0 Å². The third-order valence-corrected chi connectivity index (χ3v) is 4.10. The van der Waals surface area contributed by atoms with E-state index in [0.29, 0.717) is 29.6 Å². The van der Waals surface area contributed by atoms with Crippen molar-refractivity contribution in [1.82, 2.24) is 15.1 Å². The van der Waals surface area contributed by atoms with Gasteiger partial charge in [-0.1, -0.05) is 0 Å². The average Bonchev–Trinajstić information content (AvgIpc) is 3.48. The Balaban J connectivity index is 1.55. The number of urea groups is 1. The van der Waals surface area contributed by atoms with Crippen LogP contribution in [-0.4, -0.2) is 36.6 Å². The molecule has 138 valence electrons. The van der Waals surface area contributed by atoms with Gasteiger partial charge in [0.1, 0.15) is 11.5 Å². The van der Waals surface area contributed by atoms with Gasteiger partial charge in [0.15, 0.2) is 0 Å². The molecular formula is C18H22N4O4. The molecule has 0 unspecified atom stereocenters. The number of carbonyl (C=O) groups is 1. The van der Waals surface area contributed by atoms with Gasteiger partial charge in [0.05, 0.1) is 26.5 Å². The minimum absolute atomic E-state index is 0.172. The van der Waals surface area contributed by atoms with Gasteiger partial charge in [-0.05, 0) is 18.9 Å². The second kappa shape index (κ2) is 7.90. The van der Waals surface area contributed by atoms with E-state index in [9.17, 15) is 9.59 Å². The lowest BCUT2D eigenvalue weighted by molar-refractivity contribution is 0.251. The van der Waals surface area contributed by atoms with Crippen LogP contribution in [-0.2, 0) is 6.54 Å². The second-order valence-corrected chi connectivity index (χ2v) is 6.08. The molecule has 1 aliphatic rings. The molecule has 0 atom stereocenters. The number of nitrogens with one attached hydrogen (secondary N) is 2. The molecule has 8 heteroatoms. The van der Waals surface area contributed by atoms with Gasteiger partial charge in [0, 0.05) is 42.4 Å². The maximum Gasteiger partial charge on any atom is 0.319 e. The summed E-state index contributed by atoms with van der Waals surface area (Å²) in [6.45, 7) is 0.599. The highest BCUT2D eigenvalue weighted by molar-refractivity contribution is 5.89. The summed E-state index contributed by atoms with van der Waals surface area (Å²) in [6.07, 6.45) is 2.24. The molecule has 1 aromatic carbocycles. The van der Waals surface area contributed by atoms with Crippen LogP contribution in [0.3, 0.4) is 0 Å². The van der Waals surface area contributed by atoms with Gasteiger partial charge in [-0.2, -0.15) is 5.10 Å². The Bertz CT molecular complexity index is 823. The number of methoxy groups -OCH3 is 2. The number of ether oxygens (including phenoxy) is 2. The fraction of sp³-hybridized carbons (Fsp3) is 0.389. The van der Waals surface area contributed by atoms with Crippen molar-refractivity contribution in [2.45, 2.75) is 25.3 Å². The summed E-state index contributed by atoms with van der Waals surface area (Å²) >= 11 is 0. The first-order valence-corrected chi connectivity index (χ1v) is 8.45. The van der Waals surface area contributed by atoms with Crippen molar-refractivity contribution in [2.24, 2.45) is 0 Å². The van der Waals surface area contributed by atoms with E-state index in [-0.39, 0.29) is 18.1 Å². The zero-order chi connectivity index (χ0) is 18.5. The molecule has 0 aliphatic heterocycles. The Hall–Kier alpha value is -3.03. The first-order chi connectivity index (χ1) is 12.6. The normalized spacial score (nSPS) is 13.2. The third kappa shape index (κ3) is 4.53. The van der Waals surface area contributed by atoms with Crippen LogP contribution >= 0.6 is 0 Å². The largest absolute Gasteiger partial charge is 0.497 e. The van der Waals surface area contributed by atoms with E-state index in [2.05, 4.69) is 15.7 Å². The number of carbonyl (C=O) groups excluding carboxylic acids is 1. The molecular weight excluding hydrogens is 336 g/mol. The third-order valence-electron chi connectivity index (χ3n) is 4.10. The number of hydrogen-bond acceptors (Lipinski definition) is 5. The molecule has 2 N–H and O–H groups in total. The minimum Gasteiger partial charge on any atom is -0.497 e. The fourth-order valence-electron chi connectivity index (χ4n) is 2.55. The summed E-state index contributed by atoms with van der Waals surface area (Å²) in [6, 6.07) is 8.02. The zero-order valence-electron chi connectivity index (χ0n) is 14.8. The van der Waals surface area contributed by atoms with Gasteiger partial charge in [0.25, 0.3) is 5.56 Å². The molecule has 0 saturated heterocycles. The van der Waals surface area contributed by atoms with Crippen LogP contribution in [0.15, 0.2) is 35.1 Å². The maximum atomic E-state index is 12.1. The van der Waals surface area contributed by atoms with Crippen LogP contribution < -0.4 is 25.7 Å². The fourth-order valence-corrected chi connectivity index (χ4v) is 2.55.